The Bertz CT molecular complexity index is 638. The second-order valence-electron chi connectivity index (χ2n) is 4.11. The predicted molar refractivity (Wildman–Crippen MR) is 66.0 cm³/mol. The smallest absolute Gasteiger partial charge is 0.264 e. The first kappa shape index (κ1) is 12.5. The number of carbonyl (C=O) groups is 1. The molecule has 0 saturated heterocycles. The zero-order valence-electron chi connectivity index (χ0n) is 10.8. The molecule has 104 valence electrons. The zero-order chi connectivity index (χ0) is 13.9. The fourth-order valence-electron chi connectivity index (χ4n) is 1.79. The summed E-state index contributed by atoms with van der Waals surface area (Å²) in [6.45, 7) is 2.16. The number of ether oxygens (including phenoxy) is 3. The number of aryl methyl sites for hydroxylation is 1. The molecule has 1 aliphatic heterocycles. The van der Waals surface area contributed by atoms with Crippen LogP contribution in [0.1, 0.15) is 29.0 Å². The molecule has 7 nitrogen and oxygen atoms in total. The summed E-state index contributed by atoms with van der Waals surface area (Å²) >= 11 is 0. The molecule has 7 heteroatoms. The summed E-state index contributed by atoms with van der Waals surface area (Å²) < 4.78 is 21.0. The quantitative estimate of drug-likeness (QED) is 0.769. The van der Waals surface area contributed by atoms with E-state index < -0.39 is 0 Å². The lowest BCUT2D eigenvalue weighted by molar-refractivity contribution is 0.111. The normalized spacial score (nSPS) is 12.4. The van der Waals surface area contributed by atoms with Gasteiger partial charge in [0.2, 0.25) is 6.79 Å². The van der Waals surface area contributed by atoms with Crippen molar-refractivity contribution in [2.24, 2.45) is 0 Å². The van der Waals surface area contributed by atoms with Crippen LogP contribution in [0.25, 0.3) is 0 Å². The molecule has 0 N–H and O–H groups in total. The second-order valence-corrected chi connectivity index (χ2v) is 4.11. The maximum Gasteiger partial charge on any atom is 0.264 e. The number of benzene rings is 1. The van der Waals surface area contributed by atoms with E-state index in [2.05, 4.69) is 10.1 Å². The van der Waals surface area contributed by atoms with Gasteiger partial charge in [-0.05, 0) is 6.07 Å². The lowest BCUT2D eigenvalue weighted by Gasteiger charge is -2.07. The molecule has 0 radical (unpaired) electrons. The van der Waals surface area contributed by atoms with Gasteiger partial charge in [-0.3, -0.25) is 4.79 Å². The molecule has 1 aromatic carbocycles. The van der Waals surface area contributed by atoms with Crippen molar-refractivity contribution >= 4 is 6.29 Å². The van der Waals surface area contributed by atoms with E-state index in [9.17, 15) is 4.79 Å². The maximum atomic E-state index is 11.1. The van der Waals surface area contributed by atoms with Crippen molar-refractivity contribution in [3.05, 3.63) is 29.4 Å². The van der Waals surface area contributed by atoms with Gasteiger partial charge in [0, 0.05) is 12.5 Å². The van der Waals surface area contributed by atoms with Crippen molar-refractivity contribution in [3.8, 4) is 17.2 Å². The summed E-state index contributed by atoms with van der Waals surface area (Å²) in [6.07, 6.45) is 1.38. The summed E-state index contributed by atoms with van der Waals surface area (Å²) in [5.41, 5.74) is 0.379. The Balaban J connectivity index is 1.78. The van der Waals surface area contributed by atoms with Crippen LogP contribution in [0.15, 0.2) is 16.7 Å². The molecule has 2 heterocycles. The van der Waals surface area contributed by atoms with Crippen LogP contribution in [-0.2, 0) is 13.0 Å². The highest BCUT2D eigenvalue weighted by Crippen LogP contribution is 2.37. The van der Waals surface area contributed by atoms with E-state index in [0.717, 1.165) is 0 Å². The number of hydrogen-bond acceptors (Lipinski definition) is 7. The van der Waals surface area contributed by atoms with Crippen molar-refractivity contribution < 1.29 is 23.5 Å². The van der Waals surface area contributed by atoms with E-state index in [1.54, 1.807) is 12.1 Å². The predicted octanol–water partition coefficient (Wildman–Crippen LogP) is 1.75. The van der Waals surface area contributed by atoms with Gasteiger partial charge in [0.25, 0.3) is 5.89 Å². The van der Waals surface area contributed by atoms with E-state index in [1.807, 2.05) is 6.92 Å². The Morgan fingerprint density at radius 1 is 1.35 bits per heavy atom. The molecular formula is C13H12N2O5. The minimum Gasteiger partial charge on any atom is -0.483 e. The number of aromatic nitrogens is 2. The van der Waals surface area contributed by atoms with Crippen molar-refractivity contribution in [3.63, 3.8) is 0 Å². The van der Waals surface area contributed by atoms with Crippen LogP contribution in [-0.4, -0.2) is 23.2 Å². The highest BCUT2D eigenvalue weighted by Gasteiger charge is 2.18. The van der Waals surface area contributed by atoms with Crippen molar-refractivity contribution in [2.45, 2.75) is 20.0 Å². The van der Waals surface area contributed by atoms with Crippen LogP contribution in [0.3, 0.4) is 0 Å². The van der Waals surface area contributed by atoms with Crippen molar-refractivity contribution in [1.29, 1.82) is 0 Å². The molecule has 0 fully saturated rings. The van der Waals surface area contributed by atoms with Gasteiger partial charge in [-0.1, -0.05) is 12.1 Å². The number of fused-ring (bicyclic) bond motifs is 1. The molecule has 3 rings (SSSR count). The average molecular weight is 276 g/mol. The summed E-state index contributed by atoms with van der Waals surface area (Å²) in [7, 11) is 0. The minimum absolute atomic E-state index is 0.0908. The van der Waals surface area contributed by atoms with Crippen LogP contribution < -0.4 is 14.2 Å². The van der Waals surface area contributed by atoms with Gasteiger partial charge in [0.15, 0.2) is 30.2 Å². The summed E-state index contributed by atoms with van der Waals surface area (Å²) in [6, 6.07) is 3.19. The molecule has 0 bridgehead atoms. The number of rotatable bonds is 5. The van der Waals surface area contributed by atoms with Gasteiger partial charge in [-0.15, -0.1) is 0 Å². The summed E-state index contributed by atoms with van der Waals surface area (Å²) in [5, 5.41) is 3.77. The Labute approximate surface area is 114 Å². The SMILES string of the molecule is CCc1noc(COc2cc3c(cc2C=O)OCO3)n1. The number of nitrogens with zero attached hydrogens (tertiary/aromatic N) is 2. The van der Waals surface area contributed by atoms with Crippen molar-refractivity contribution in [1.82, 2.24) is 10.1 Å². The van der Waals surface area contributed by atoms with Crippen molar-refractivity contribution in [2.75, 3.05) is 6.79 Å². The molecule has 1 aliphatic rings. The van der Waals surface area contributed by atoms with Crippen LogP contribution >= 0.6 is 0 Å². The van der Waals surface area contributed by atoms with E-state index >= 15 is 0 Å². The standard InChI is InChI=1S/C13H12N2O5/c1-2-12-14-13(20-15-12)6-17-9-4-11-10(18-7-19-11)3-8(9)5-16/h3-5H,2,6-7H2,1H3. The third-order valence-electron chi connectivity index (χ3n) is 2.81. The molecule has 0 amide bonds. The van der Waals surface area contributed by atoms with E-state index in [-0.39, 0.29) is 13.4 Å². The van der Waals surface area contributed by atoms with Crippen LogP contribution in [0.5, 0.6) is 17.2 Å². The molecule has 0 aliphatic carbocycles. The van der Waals surface area contributed by atoms with Crippen LogP contribution in [0, 0.1) is 0 Å². The molecule has 0 saturated carbocycles. The highest BCUT2D eigenvalue weighted by atomic mass is 16.7. The van der Waals surface area contributed by atoms with Gasteiger partial charge in [0.05, 0.1) is 5.56 Å². The van der Waals surface area contributed by atoms with Crippen LogP contribution in [0.4, 0.5) is 0 Å². The highest BCUT2D eigenvalue weighted by molar-refractivity contribution is 5.81. The Morgan fingerprint density at radius 3 is 2.85 bits per heavy atom. The number of hydrogen-bond donors (Lipinski definition) is 0. The fourth-order valence-corrected chi connectivity index (χ4v) is 1.79. The third kappa shape index (κ3) is 2.29. The van der Waals surface area contributed by atoms with Gasteiger partial charge in [-0.25, -0.2) is 0 Å². The first-order valence-corrected chi connectivity index (χ1v) is 6.13. The van der Waals surface area contributed by atoms with Crippen LogP contribution in [0.2, 0.25) is 0 Å². The zero-order valence-corrected chi connectivity index (χ0v) is 10.8. The average Bonchev–Trinajstić information content (AvgIpc) is 3.12. The lowest BCUT2D eigenvalue weighted by Crippen LogP contribution is -1.99. The molecule has 0 spiro atoms. The molecule has 1 aromatic heterocycles. The molecular weight excluding hydrogens is 264 g/mol. The van der Waals surface area contributed by atoms with Gasteiger partial charge in [0.1, 0.15) is 5.75 Å². The minimum atomic E-state index is 0.0908. The Morgan fingerprint density at radius 2 is 2.15 bits per heavy atom. The second kappa shape index (κ2) is 5.20. The molecule has 2 aromatic rings. The first-order chi connectivity index (χ1) is 9.80. The largest absolute Gasteiger partial charge is 0.483 e. The topological polar surface area (TPSA) is 83.7 Å². The van der Waals surface area contributed by atoms with E-state index in [1.165, 1.54) is 0 Å². The molecule has 0 unspecified atom stereocenters. The Hall–Kier alpha value is -2.57. The monoisotopic (exact) mass is 276 g/mol. The molecule has 20 heavy (non-hydrogen) atoms. The third-order valence-corrected chi connectivity index (χ3v) is 2.81. The fraction of sp³-hybridized carbons (Fsp3) is 0.308. The van der Waals surface area contributed by atoms with E-state index in [0.29, 0.717) is 47.2 Å². The van der Waals surface area contributed by atoms with Gasteiger partial charge < -0.3 is 18.7 Å². The van der Waals surface area contributed by atoms with E-state index in [4.69, 9.17) is 18.7 Å². The van der Waals surface area contributed by atoms with Gasteiger partial charge >= 0.3 is 0 Å². The maximum absolute atomic E-state index is 11.1. The van der Waals surface area contributed by atoms with Gasteiger partial charge in [-0.2, -0.15) is 4.98 Å². The lowest BCUT2D eigenvalue weighted by atomic mass is 10.2. The summed E-state index contributed by atoms with van der Waals surface area (Å²) in [4.78, 5) is 15.2. The molecule has 0 atom stereocenters. The number of aldehydes is 1. The number of carbonyl (C=O) groups excluding carboxylic acids is 1. The Kier molecular flexibility index (Phi) is 3.24. The summed E-state index contributed by atoms with van der Waals surface area (Å²) in [5.74, 6) is 2.44. The first-order valence-electron chi connectivity index (χ1n) is 6.13.